The third-order valence-corrected chi connectivity index (χ3v) is 3.51. The fraction of sp³-hybridized carbons (Fsp3) is 0.643. The van der Waals surface area contributed by atoms with Gasteiger partial charge in [-0.2, -0.15) is 0 Å². The largest absolute Gasteiger partial charge is 0.374 e. The average molecular weight is 249 g/mol. The third kappa shape index (κ3) is 3.77. The van der Waals surface area contributed by atoms with Gasteiger partial charge in [-0.3, -0.25) is 9.88 Å². The first-order valence-electron chi connectivity index (χ1n) is 6.77. The Morgan fingerprint density at radius 1 is 1.61 bits per heavy atom. The summed E-state index contributed by atoms with van der Waals surface area (Å²) in [4.78, 5) is 6.58. The lowest BCUT2D eigenvalue weighted by Gasteiger charge is -2.32. The van der Waals surface area contributed by atoms with Crippen LogP contribution < -0.4 is 5.32 Å². The lowest BCUT2D eigenvalue weighted by Crippen LogP contribution is -2.46. The van der Waals surface area contributed by atoms with Gasteiger partial charge in [-0.15, -0.1) is 0 Å². The molecule has 0 radical (unpaired) electrons. The van der Waals surface area contributed by atoms with Gasteiger partial charge in [0.05, 0.1) is 12.7 Å². The second-order valence-corrected chi connectivity index (χ2v) is 4.80. The lowest BCUT2D eigenvalue weighted by atomic mass is 10.1. The molecule has 0 spiro atoms. The molecule has 1 N–H and O–H groups in total. The van der Waals surface area contributed by atoms with Crippen molar-refractivity contribution in [3.05, 3.63) is 30.1 Å². The maximum atomic E-state index is 5.78. The second kappa shape index (κ2) is 6.83. The molecule has 2 atom stereocenters. The van der Waals surface area contributed by atoms with Crippen molar-refractivity contribution < 1.29 is 4.74 Å². The summed E-state index contributed by atoms with van der Waals surface area (Å²) in [6.07, 6.45) is 4.02. The Labute approximate surface area is 109 Å². The molecule has 0 bridgehead atoms. The molecular formula is C14H23N3O. The Morgan fingerprint density at radius 3 is 3.22 bits per heavy atom. The van der Waals surface area contributed by atoms with Gasteiger partial charge in [0, 0.05) is 38.1 Å². The van der Waals surface area contributed by atoms with Gasteiger partial charge in [0.15, 0.2) is 0 Å². The summed E-state index contributed by atoms with van der Waals surface area (Å²) in [6.45, 7) is 9.31. The summed E-state index contributed by atoms with van der Waals surface area (Å²) >= 11 is 0. The summed E-state index contributed by atoms with van der Waals surface area (Å²) in [5.41, 5.74) is 1.22. The average Bonchev–Trinajstić information content (AvgIpc) is 2.46. The Bertz CT molecular complexity index is 344. The van der Waals surface area contributed by atoms with Crippen molar-refractivity contribution in [2.75, 3.05) is 32.8 Å². The molecule has 0 amide bonds. The fourth-order valence-corrected chi connectivity index (χ4v) is 2.25. The molecule has 1 aromatic heterocycles. The summed E-state index contributed by atoms with van der Waals surface area (Å²) in [7, 11) is 0. The first kappa shape index (κ1) is 13.5. The van der Waals surface area contributed by atoms with E-state index >= 15 is 0 Å². The van der Waals surface area contributed by atoms with Crippen LogP contribution in [0.2, 0.25) is 0 Å². The normalized spacial score (nSPS) is 22.9. The highest BCUT2D eigenvalue weighted by Gasteiger charge is 2.19. The van der Waals surface area contributed by atoms with E-state index in [-0.39, 0.29) is 0 Å². The van der Waals surface area contributed by atoms with Crippen molar-refractivity contribution in [1.29, 1.82) is 0 Å². The first-order chi connectivity index (χ1) is 8.79. The van der Waals surface area contributed by atoms with E-state index in [1.165, 1.54) is 5.56 Å². The predicted octanol–water partition coefficient (Wildman–Crippen LogP) is 1.45. The molecule has 0 saturated carbocycles. The molecule has 2 unspecified atom stereocenters. The zero-order chi connectivity index (χ0) is 12.8. The number of rotatable bonds is 5. The van der Waals surface area contributed by atoms with Crippen molar-refractivity contribution in [1.82, 2.24) is 15.2 Å². The zero-order valence-corrected chi connectivity index (χ0v) is 11.3. The summed E-state index contributed by atoms with van der Waals surface area (Å²) in [6, 6.07) is 4.40. The van der Waals surface area contributed by atoms with Gasteiger partial charge in [0.25, 0.3) is 0 Å². The molecular weight excluding hydrogens is 226 g/mol. The van der Waals surface area contributed by atoms with E-state index in [4.69, 9.17) is 4.74 Å². The number of nitrogens with zero attached hydrogens (tertiary/aromatic N) is 2. The maximum absolute atomic E-state index is 5.78. The van der Waals surface area contributed by atoms with E-state index < -0.39 is 0 Å². The minimum Gasteiger partial charge on any atom is -0.374 e. The van der Waals surface area contributed by atoms with Crippen LogP contribution in [-0.2, 0) is 4.74 Å². The number of morpholine rings is 1. The molecule has 0 aromatic carbocycles. The number of pyridine rings is 1. The SMILES string of the molecule is CCN1CCOC(CNC(C)c2cccnc2)C1. The molecule has 4 heteroatoms. The van der Waals surface area contributed by atoms with Crippen molar-refractivity contribution in [2.24, 2.45) is 0 Å². The Balaban J connectivity index is 1.77. The molecule has 1 aromatic rings. The molecule has 1 aliphatic heterocycles. The molecule has 2 heterocycles. The van der Waals surface area contributed by atoms with Gasteiger partial charge < -0.3 is 10.1 Å². The maximum Gasteiger partial charge on any atom is 0.0826 e. The predicted molar refractivity (Wildman–Crippen MR) is 72.5 cm³/mol. The number of aromatic nitrogens is 1. The topological polar surface area (TPSA) is 37.4 Å². The van der Waals surface area contributed by atoms with Crippen molar-refractivity contribution in [2.45, 2.75) is 26.0 Å². The number of hydrogen-bond donors (Lipinski definition) is 1. The second-order valence-electron chi connectivity index (χ2n) is 4.80. The summed E-state index contributed by atoms with van der Waals surface area (Å²) in [5, 5.41) is 3.52. The molecule has 18 heavy (non-hydrogen) atoms. The minimum absolute atomic E-state index is 0.304. The smallest absolute Gasteiger partial charge is 0.0826 e. The summed E-state index contributed by atoms with van der Waals surface area (Å²) in [5.74, 6) is 0. The van der Waals surface area contributed by atoms with Gasteiger partial charge >= 0.3 is 0 Å². The van der Waals surface area contributed by atoms with Crippen LogP contribution in [0.15, 0.2) is 24.5 Å². The number of hydrogen-bond acceptors (Lipinski definition) is 4. The molecule has 2 rings (SSSR count). The Hall–Kier alpha value is -0.970. The standard InChI is InChI=1S/C14H23N3O/c1-3-17-7-8-18-14(11-17)10-16-12(2)13-5-4-6-15-9-13/h4-6,9,12,14,16H,3,7-8,10-11H2,1-2H3. The van der Waals surface area contributed by atoms with Gasteiger partial charge in [0.1, 0.15) is 0 Å². The number of nitrogens with one attached hydrogen (secondary N) is 1. The van der Waals surface area contributed by atoms with Crippen LogP contribution in [0.4, 0.5) is 0 Å². The van der Waals surface area contributed by atoms with E-state index in [0.29, 0.717) is 12.1 Å². The highest BCUT2D eigenvalue weighted by atomic mass is 16.5. The van der Waals surface area contributed by atoms with Gasteiger partial charge in [-0.05, 0) is 25.1 Å². The molecule has 1 aliphatic rings. The Kier molecular flexibility index (Phi) is 5.11. The highest BCUT2D eigenvalue weighted by molar-refractivity contribution is 5.12. The van der Waals surface area contributed by atoms with E-state index in [1.54, 1.807) is 6.20 Å². The van der Waals surface area contributed by atoms with Crippen LogP contribution in [0, 0.1) is 0 Å². The van der Waals surface area contributed by atoms with E-state index in [9.17, 15) is 0 Å². The molecule has 0 aliphatic carbocycles. The fourth-order valence-electron chi connectivity index (χ4n) is 2.25. The van der Waals surface area contributed by atoms with Crippen LogP contribution in [0.1, 0.15) is 25.5 Å². The van der Waals surface area contributed by atoms with Crippen LogP contribution in [0.25, 0.3) is 0 Å². The minimum atomic E-state index is 0.304. The van der Waals surface area contributed by atoms with E-state index in [1.807, 2.05) is 12.3 Å². The molecule has 100 valence electrons. The van der Waals surface area contributed by atoms with Crippen molar-refractivity contribution in [3.8, 4) is 0 Å². The molecule has 1 fully saturated rings. The van der Waals surface area contributed by atoms with Crippen LogP contribution in [0.5, 0.6) is 0 Å². The van der Waals surface area contributed by atoms with Crippen molar-refractivity contribution in [3.63, 3.8) is 0 Å². The van der Waals surface area contributed by atoms with E-state index in [0.717, 1.165) is 32.8 Å². The number of ether oxygens (including phenoxy) is 1. The van der Waals surface area contributed by atoms with Crippen LogP contribution in [0.3, 0.4) is 0 Å². The molecule has 1 saturated heterocycles. The highest BCUT2D eigenvalue weighted by Crippen LogP contribution is 2.11. The van der Waals surface area contributed by atoms with Gasteiger partial charge in [0.2, 0.25) is 0 Å². The van der Waals surface area contributed by atoms with Gasteiger partial charge in [-0.1, -0.05) is 13.0 Å². The van der Waals surface area contributed by atoms with Crippen LogP contribution in [-0.4, -0.2) is 48.8 Å². The third-order valence-electron chi connectivity index (χ3n) is 3.51. The number of likely N-dealkylation sites (N-methyl/N-ethyl adjacent to an activating group) is 1. The molecule has 4 nitrogen and oxygen atoms in total. The lowest BCUT2D eigenvalue weighted by molar-refractivity contribution is -0.0262. The first-order valence-corrected chi connectivity index (χ1v) is 6.77. The van der Waals surface area contributed by atoms with Crippen molar-refractivity contribution >= 4 is 0 Å². The Morgan fingerprint density at radius 2 is 2.50 bits per heavy atom. The quantitative estimate of drug-likeness (QED) is 0.857. The van der Waals surface area contributed by atoms with Crippen LogP contribution >= 0.6 is 0 Å². The summed E-state index contributed by atoms with van der Waals surface area (Å²) < 4.78 is 5.78. The van der Waals surface area contributed by atoms with E-state index in [2.05, 4.69) is 35.1 Å². The zero-order valence-electron chi connectivity index (χ0n) is 11.3. The van der Waals surface area contributed by atoms with Gasteiger partial charge in [-0.25, -0.2) is 0 Å². The monoisotopic (exact) mass is 249 g/mol.